The number of carbonyl (C=O) groups excluding carboxylic acids is 2. The highest BCUT2D eigenvalue weighted by Gasteiger charge is 2.29. The molecule has 1 atom stereocenters. The molecule has 1 fully saturated rings. The van der Waals surface area contributed by atoms with Crippen LogP contribution in [-0.2, 0) is 23.0 Å². The maximum absolute atomic E-state index is 13.2. The van der Waals surface area contributed by atoms with Crippen LogP contribution in [0.4, 0.5) is 5.69 Å². The monoisotopic (exact) mass is 422 g/mol. The lowest BCUT2D eigenvalue weighted by Crippen LogP contribution is -2.49. The lowest BCUT2D eigenvalue weighted by atomic mass is 10.0. The van der Waals surface area contributed by atoms with E-state index in [-0.39, 0.29) is 17.9 Å². The summed E-state index contributed by atoms with van der Waals surface area (Å²) in [5.41, 5.74) is 3.45. The molecule has 1 saturated heterocycles. The van der Waals surface area contributed by atoms with Crippen molar-refractivity contribution >= 4 is 28.4 Å². The van der Waals surface area contributed by atoms with Crippen LogP contribution in [0.1, 0.15) is 22.8 Å². The molecule has 0 spiro atoms. The van der Waals surface area contributed by atoms with E-state index in [1.165, 1.54) is 6.92 Å². The van der Waals surface area contributed by atoms with Crippen LogP contribution in [-0.4, -0.2) is 59.2 Å². The maximum atomic E-state index is 13.2. The van der Waals surface area contributed by atoms with Gasteiger partial charge in [0.15, 0.2) is 0 Å². The number of hydrogen-bond donors (Lipinski definition) is 1. The highest BCUT2D eigenvalue weighted by molar-refractivity contribution is 5.95. The minimum Gasteiger partial charge on any atom is -0.481 e. The molecule has 3 aromatic rings. The molecule has 8 heteroatoms. The highest BCUT2D eigenvalue weighted by atomic mass is 16.5. The number of carbonyl (C=O) groups is 2. The van der Waals surface area contributed by atoms with Crippen molar-refractivity contribution in [2.75, 3.05) is 32.2 Å². The molecule has 0 radical (unpaired) electrons. The van der Waals surface area contributed by atoms with Crippen LogP contribution in [0.2, 0.25) is 0 Å². The fourth-order valence-electron chi connectivity index (χ4n) is 4.06. The molecular weight excluding hydrogens is 396 g/mol. The number of fused-ring (bicyclic) bond motifs is 1. The molecule has 1 aliphatic heterocycles. The molecule has 4 rings (SSSR count). The van der Waals surface area contributed by atoms with Crippen molar-refractivity contribution in [1.29, 1.82) is 0 Å². The van der Waals surface area contributed by atoms with E-state index in [1.807, 2.05) is 30.1 Å². The molecule has 0 saturated carbocycles. The number of hydrogen-bond acceptors (Lipinski definition) is 5. The van der Waals surface area contributed by atoms with Gasteiger partial charge in [0, 0.05) is 55.6 Å². The summed E-state index contributed by atoms with van der Waals surface area (Å²) in [6, 6.07) is 9.19. The van der Waals surface area contributed by atoms with Gasteiger partial charge in [-0.3, -0.25) is 9.59 Å². The first-order valence-electron chi connectivity index (χ1n) is 10.2. The number of benzene rings is 1. The SMILES string of the molecule is COc1ccc(C(=O)N2CCOC[C@@H]2Cc2cn(C)c3ccc(NC(C)=O)cc23)cn1. The van der Waals surface area contributed by atoms with Gasteiger partial charge < -0.3 is 24.3 Å². The van der Waals surface area contributed by atoms with E-state index >= 15 is 0 Å². The summed E-state index contributed by atoms with van der Waals surface area (Å²) in [6.07, 6.45) is 4.27. The normalized spacial score (nSPS) is 16.4. The fourth-order valence-corrected chi connectivity index (χ4v) is 4.06. The number of pyridine rings is 1. The van der Waals surface area contributed by atoms with Crippen molar-refractivity contribution < 1.29 is 19.1 Å². The van der Waals surface area contributed by atoms with Gasteiger partial charge in [0.2, 0.25) is 11.8 Å². The first-order chi connectivity index (χ1) is 15.0. The predicted molar refractivity (Wildman–Crippen MR) is 117 cm³/mol. The van der Waals surface area contributed by atoms with Crippen molar-refractivity contribution in [2.45, 2.75) is 19.4 Å². The second-order valence-electron chi connectivity index (χ2n) is 7.70. The standard InChI is InChI=1S/C23H26N4O4/c1-15(28)25-18-5-6-21-20(11-18)17(13-26(21)2)10-19-14-31-9-8-27(19)23(29)16-4-7-22(30-3)24-12-16/h4-7,11-13,19H,8-10,14H2,1-3H3,(H,25,28)/t19-/m0/s1. The van der Waals surface area contributed by atoms with Gasteiger partial charge in [0.25, 0.3) is 5.91 Å². The third kappa shape index (κ3) is 4.39. The zero-order valence-electron chi connectivity index (χ0n) is 17.9. The summed E-state index contributed by atoms with van der Waals surface area (Å²) in [7, 11) is 3.54. The van der Waals surface area contributed by atoms with E-state index in [0.29, 0.717) is 37.6 Å². The van der Waals surface area contributed by atoms with Gasteiger partial charge >= 0.3 is 0 Å². The topological polar surface area (TPSA) is 85.7 Å². The Morgan fingerprint density at radius 3 is 2.84 bits per heavy atom. The Morgan fingerprint density at radius 2 is 2.13 bits per heavy atom. The van der Waals surface area contributed by atoms with Crippen LogP contribution in [0.3, 0.4) is 0 Å². The minimum atomic E-state index is -0.109. The summed E-state index contributed by atoms with van der Waals surface area (Å²) >= 11 is 0. The number of methoxy groups -OCH3 is 1. The number of nitrogens with one attached hydrogen (secondary N) is 1. The zero-order valence-corrected chi connectivity index (χ0v) is 17.9. The summed E-state index contributed by atoms with van der Waals surface area (Å²) in [5.74, 6) is 0.297. The van der Waals surface area contributed by atoms with Crippen molar-refractivity contribution in [3.63, 3.8) is 0 Å². The first kappa shape index (κ1) is 20.9. The molecule has 1 aromatic carbocycles. The van der Waals surface area contributed by atoms with Crippen molar-refractivity contribution in [1.82, 2.24) is 14.5 Å². The van der Waals surface area contributed by atoms with Gasteiger partial charge in [0.05, 0.1) is 31.9 Å². The Kier molecular flexibility index (Phi) is 5.90. The largest absolute Gasteiger partial charge is 0.481 e. The number of anilines is 1. The van der Waals surface area contributed by atoms with Crippen LogP contribution in [0.25, 0.3) is 10.9 Å². The second-order valence-corrected chi connectivity index (χ2v) is 7.70. The fraction of sp³-hybridized carbons (Fsp3) is 0.348. The van der Waals surface area contributed by atoms with E-state index < -0.39 is 0 Å². The third-order valence-electron chi connectivity index (χ3n) is 5.53. The van der Waals surface area contributed by atoms with Crippen molar-refractivity contribution in [3.05, 3.63) is 53.9 Å². The quantitative estimate of drug-likeness (QED) is 0.683. The molecular formula is C23H26N4O4. The molecule has 2 amide bonds. The molecule has 2 aromatic heterocycles. The van der Waals surface area contributed by atoms with E-state index in [2.05, 4.69) is 21.1 Å². The molecule has 31 heavy (non-hydrogen) atoms. The summed E-state index contributed by atoms with van der Waals surface area (Å²) in [4.78, 5) is 30.7. The Labute approximate surface area is 180 Å². The van der Waals surface area contributed by atoms with Crippen molar-refractivity contribution in [3.8, 4) is 5.88 Å². The number of aromatic nitrogens is 2. The van der Waals surface area contributed by atoms with E-state index in [1.54, 1.807) is 25.4 Å². The number of rotatable bonds is 5. The average Bonchev–Trinajstić information content (AvgIpc) is 3.08. The van der Waals surface area contributed by atoms with Gasteiger partial charge in [-0.25, -0.2) is 4.98 Å². The predicted octanol–water partition coefficient (Wildman–Crippen LogP) is 2.62. The number of aryl methyl sites for hydroxylation is 1. The number of ether oxygens (including phenoxy) is 2. The molecule has 1 N–H and O–H groups in total. The van der Waals surface area contributed by atoms with Crippen LogP contribution in [0.5, 0.6) is 5.88 Å². The molecule has 0 unspecified atom stereocenters. The second kappa shape index (κ2) is 8.77. The van der Waals surface area contributed by atoms with E-state index in [9.17, 15) is 9.59 Å². The average molecular weight is 422 g/mol. The van der Waals surface area contributed by atoms with Crippen LogP contribution in [0, 0.1) is 0 Å². The van der Waals surface area contributed by atoms with Gasteiger partial charge in [-0.1, -0.05) is 0 Å². The Balaban J connectivity index is 1.61. The minimum absolute atomic E-state index is 0.0670. The Morgan fingerprint density at radius 1 is 1.29 bits per heavy atom. The molecule has 162 valence electrons. The summed E-state index contributed by atoms with van der Waals surface area (Å²) in [6.45, 7) is 3.00. The smallest absolute Gasteiger partial charge is 0.255 e. The summed E-state index contributed by atoms with van der Waals surface area (Å²) < 4.78 is 12.9. The first-order valence-corrected chi connectivity index (χ1v) is 10.2. The molecule has 0 aliphatic carbocycles. The number of amides is 2. The lowest BCUT2D eigenvalue weighted by molar-refractivity contribution is -0.114. The van der Waals surface area contributed by atoms with Gasteiger partial charge in [-0.2, -0.15) is 0 Å². The van der Waals surface area contributed by atoms with Crippen LogP contribution >= 0.6 is 0 Å². The van der Waals surface area contributed by atoms with Gasteiger partial charge in [-0.05, 0) is 36.2 Å². The Bertz CT molecular complexity index is 1110. The van der Waals surface area contributed by atoms with Crippen molar-refractivity contribution in [2.24, 2.45) is 7.05 Å². The summed E-state index contributed by atoms with van der Waals surface area (Å²) in [5, 5.41) is 3.89. The highest BCUT2D eigenvalue weighted by Crippen LogP contribution is 2.27. The van der Waals surface area contributed by atoms with Gasteiger partial charge in [0.1, 0.15) is 0 Å². The molecule has 3 heterocycles. The zero-order chi connectivity index (χ0) is 22.0. The van der Waals surface area contributed by atoms with Crippen LogP contribution in [0.15, 0.2) is 42.7 Å². The molecule has 8 nitrogen and oxygen atoms in total. The van der Waals surface area contributed by atoms with Gasteiger partial charge in [-0.15, -0.1) is 0 Å². The third-order valence-corrected chi connectivity index (χ3v) is 5.53. The number of nitrogens with zero attached hydrogens (tertiary/aromatic N) is 3. The lowest BCUT2D eigenvalue weighted by Gasteiger charge is -2.35. The Hall–Kier alpha value is -3.39. The molecule has 1 aliphatic rings. The maximum Gasteiger partial charge on any atom is 0.255 e. The van der Waals surface area contributed by atoms with E-state index in [0.717, 1.165) is 22.2 Å². The van der Waals surface area contributed by atoms with Crippen LogP contribution < -0.4 is 10.1 Å². The molecule has 0 bridgehead atoms. The van der Waals surface area contributed by atoms with E-state index in [4.69, 9.17) is 9.47 Å². The number of morpholine rings is 1.